The Bertz CT molecular complexity index is 948. The van der Waals surface area contributed by atoms with Crippen LogP contribution >= 0.6 is 0 Å². The van der Waals surface area contributed by atoms with Crippen molar-refractivity contribution in [3.8, 4) is 5.75 Å². The van der Waals surface area contributed by atoms with Gasteiger partial charge in [-0.2, -0.15) is 0 Å². The lowest BCUT2D eigenvalue weighted by Crippen LogP contribution is -2.13. The van der Waals surface area contributed by atoms with Crippen LogP contribution in [0.5, 0.6) is 5.75 Å². The van der Waals surface area contributed by atoms with E-state index in [1.165, 1.54) is 6.08 Å². The number of nitrogens with one attached hydrogen (secondary N) is 1. The van der Waals surface area contributed by atoms with Crippen molar-refractivity contribution < 1.29 is 23.9 Å². The third kappa shape index (κ3) is 4.28. The van der Waals surface area contributed by atoms with Crippen LogP contribution in [0.4, 0.5) is 5.69 Å². The maximum Gasteiger partial charge on any atom is 0.331 e. The Hall–Kier alpha value is -3.41. The molecule has 0 saturated heterocycles. The molecule has 1 aliphatic rings. The van der Waals surface area contributed by atoms with Crippen LogP contribution in [0, 0.1) is 0 Å². The largest absolute Gasteiger partial charge is 0.493 e. The third-order valence-corrected chi connectivity index (χ3v) is 4.45. The minimum Gasteiger partial charge on any atom is -0.493 e. The first kappa shape index (κ1) is 19.4. The van der Waals surface area contributed by atoms with Crippen LogP contribution in [0.25, 0.3) is 6.08 Å². The summed E-state index contributed by atoms with van der Waals surface area (Å²) in [6.45, 7) is 3.81. The first-order valence-electron chi connectivity index (χ1n) is 9.04. The fourth-order valence-corrected chi connectivity index (χ4v) is 2.92. The van der Waals surface area contributed by atoms with E-state index in [1.807, 2.05) is 31.2 Å². The van der Waals surface area contributed by atoms with E-state index < -0.39 is 5.97 Å². The average molecular weight is 379 g/mol. The van der Waals surface area contributed by atoms with Gasteiger partial charge in [-0.1, -0.05) is 18.2 Å². The zero-order valence-corrected chi connectivity index (χ0v) is 15.7. The molecule has 28 heavy (non-hydrogen) atoms. The number of amides is 1. The molecule has 0 aromatic heterocycles. The van der Waals surface area contributed by atoms with Gasteiger partial charge in [0.1, 0.15) is 5.75 Å². The first-order chi connectivity index (χ1) is 13.5. The number of benzene rings is 2. The second-order valence-corrected chi connectivity index (χ2v) is 6.35. The first-order valence-corrected chi connectivity index (χ1v) is 9.04. The van der Waals surface area contributed by atoms with E-state index in [2.05, 4.69) is 5.32 Å². The molecule has 0 radical (unpaired) electrons. The van der Waals surface area contributed by atoms with Crippen molar-refractivity contribution in [1.29, 1.82) is 0 Å². The fraction of sp³-hybridized carbons (Fsp3) is 0.227. The van der Waals surface area contributed by atoms with Gasteiger partial charge < -0.3 is 14.8 Å². The SMILES string of the molecule is CCOc1ccccc1/C=C/C(=O)OCC(=O)c1ccc2c(c1)[C@@H](C)C(=O)N2. The molecule has 0 bridgehead atoms. The molecule has 1 atom stereocenters. The second kappa shape index (κ2) is 8.52. The van der Waals surface area contributed by atoms with E-state index in [-0.39, 0.29) is 24.2 Å². The summed E-state index contributed by atoms with van der Waals surface area (Å²) < 4.78 is 10.5. The average Bonchev–Trinajstić information content (AvgIpc) is 2.99. The number of carbonyl (C=O) groups excluding carboxylic acids is 3. The molecule has 0 unspecified atom stereocenters. The number of carbonyl (C=O) groups is 3. The summed E-state index contributed by atoms with van der Waals surface area (Å²) in [5.74, 6) is -0.681. The maximum absolute atomic E-state index is 12.3. The molecule has 6 heteroatoms. The van der Waals surface area contributed by atoms with E-state index >= 15 is 0 Å². The van der Waals surface area contributed by atoms with Crippen LogP contribution in [-0.4, -0.2) is 30.9 Å². The Labute approximate surface area is 163 Å². The zero-order chi connectivity index (χ0) is 20.1. The molecular formula is C22H21NO5. The number of para-hydroxylation sites is 1. The van der Waals surface area contributed by atoms with Crippen molar-refractivity contribution in [3.63, 3.8) is 0 Å². The number of ketones is 1. The lowest BCUT2D eigenvalue weighted by Gasteiger charge is -2.07. The number of anilines is 1. The standard InChI is InChI=1S/C22H21NO5/c1-3-27-20-7-5-4-6-15(20)9-11-21(25)28-13-19(24)16-8-10-18-17(12-16)14(2)22(26)23-18/h4-12,14H,3,13H2,1-2H3,(H,23,26)/b11-9+/t14-/m1/s1. The Balaban J connectivity index is 1.60. The summed E-state index contributed by atoms with van der Waals surface area (Å²) in [6, 6.07) is 12.3. The van der Waals surface area contributed by atoms with Gasteiger partial charge in [-0.05, 0) is 49.8 Å². The number of rotatable bonds is 7. The molecule has 1 aliphatic heterocycles. The highest BCUT2D eigenvalue weighted by atomic mass is 16.5. The molecule has 0 aliphatic carbocycles. The van der Waals surface area contributed by atoms with Crippen LogP contribution in [0.1, 0.15) is 41.3 Å². The summed E-state index contributed by atoms with van der Waals surface area (Å²) >= 11 is 0. The van der Waals surface area contributed by atoms with Gasteiger partial charge in [0, 0.05) is 22.9 Å². The number of hydrogen-bond donors (Lipinski definition) is 1. The molecule has 1 N–H and O–H groups in total. The van der Waals surface area contributed by atoms with Gasteiger partial charge in [0.2, 0.25) is 5.91 Å². The quantitative estimate of drug-likeness (QED) is 0.452. The van der Waals surface area contributed by atoms with Crippen LogP contribution < -0.4 is 10.1 Å². The van der Waals surface area contributed by atoms with Crippen LogP contribution in [0.15, 0.2) is 48.5 Å². The van der Waals surface area contributed by atoms with Crippen LogP contribution in [0.3, 0.4) is 0 Å². The van der Waals surface area contributed by atoms with Gasteiger partial charge in [-0.25, -0.2) is 4.79 Å². The Morgan fingerprint density at radius 3 is 2.75 bits per heavy atom. The summed E-state index contributed by atoms with van der Waals surface area (Å²) in [5.41, 5.74) is 2.63. The fourth-order valence-electron chi connectivity index (χ4n) is 2.92. The maximum atomic E-state index is 12.3. The smallest absolute Gasteiger partial charge is 0.331 e. The summed E-state index contributed by atoms with van der Waals surface area (Å²) in [7, 11) is 0. The lowest BCUT2D eigenvalue weighted by atomic mass is 9.99. The Morgan fingerprint density at radius 1 is 1.18 bits per heavy atom. The predicted octanol–water partition coefficient (Wildman–Crippen LogP) is 3.58. The number of hydrogen-bond acceptors (Lipinski definition) is 5. The van der Waals surface area contributed by atoms with Crippen molar-refractivity contribution in [3.05, 3.63) is 65.2 Å². The highest BCUT2D eigenvalue weighted by Gasteiger charge is 2.27. The van der Waals surface area contributed by atoms with E-state index in [9.17, 15) is 14.4 Å². The minimum absolute atomic E-state index is 0.0940. The molecule has 1 heterocycles. The monoisotopic (exact) mass is 379 g/mol. The van der Waals surface area contributed by atoms with Crippen molar-refractivity contribution in [2.75, 3.05) is 18.5 Å². The molecule has 6 nitrogen and oxygen atoms in total. The van der Waals surface area contributed by atoms with Gasteiger partial charge >= 0.3 is 5.97 Å². The molecule has 0 spiro atoms. The molecule has 2 aromatic carbocycles. The van der Waals surface area contributed by atoms with Crippen molar-refractivity contribution in [2.45, 2.75) is 19.8 Å². The van der Waals surface area contributed by atoms with Crippen molar-refractivity contribution in [2.24, 2.45) is 0 Å². The van der Waals surface area contributed by atoms with Crippen LogP contribution in [0.2, 0.25) is 0 Å². The van der Waals surface area contributed by atoms with Gasteiger partial charge in [0.05, 0.1) is 12.5 Å². The van der Waals surface area contributed by atoms with Crippen molar-refractivity contribution >= 4 is 29.4 Å². The summed E-state index contributed by atoms with van der Waals surface area (Å²) in [6.07, 6.45) is 2.85. The van der Waals surface area contributed by atoms with Gasteiger partial charge in [-0.15, -0.1) is 0 Å². The number of fused-ring (bicyclic) bond motifs is 1. The molecule has 0 fully saturated rings. The number of esters is 1. The van der Waals surface area contributed by atoms with E-state index in [0.29, 0.717) is 23.6 Å². The molecule has 1 amide bonds. The molecule has 3 rings (SSSR count). The molecule has 144 valence electrons. The molecular weight excluding hydrogens is 358 g/mol. The number of ether oxygens (including phenoxy) is 2. The lowest BCUT2D eigenvalue weighted by molar-refractivity contribution is -0.136. The van der Waals surface area contributed by atoms with Crippen molar-refractivity contribution in [1.82, 2.24) is 0 Å². The van der Waals surface area contributed by atoms with Gasteiger partial charge in [-0.3, -0.25) is 9.59 Å². The minimum atomic E-state index is -0.619. The third-order valence-electron chi connectivity index (χ3n) is 4.45. The second-order valence-electron chi connectivity index (χ2n) is 6.35. The Morgan fingerprint density at radius 2 is 1.96 bits per heavy atom. The highest BCUT2D eigenvalue weighted by Crippen LogP contribution is 2.32. The van der Waals surface area contributed by atoms with E-state index in [0.717, 1.165) is 11.1 Å². The van der Waals surface area contributed by atoms with E-state index in [4.69, 9.17) is 9.47 Å². The van der Waals surface area contributed by atoms with Gasteiger partial charge in [0.25, 0.3) is 0 Å². The molecule has 2 aromatic rings. The zero-order valence-electron chi connectivity index (χ0n) is 15.7. The predicted molar refractivity (Wildman–Crippen MR) is 105 cm³/mol. The summed E-state index contributed by atoms with van der Waals surface area (Å²) in [5, 5.41) is 2.75. The molecule has 0 saturated carbocycles. The van der Waals surface area contributed by atoms with Gasteiger partial charge in [0.15, 0.2) is 12.4 Å². The van der Waals surface area contributed by atoms with E-state index in [1.54, 1.807) is 31.2 Å². The summed E-state index contributed by atoms with van der Waals surface area (Å²) in [4.78, 5) is 36.0. The highest BCUT2D eigenvalue weighted by molar-refractivity contribution is 6.05. The Kier molecular flexibility index (Phi) is 5.89. The topological polar surface area (TPSA) is 81.7 Å². The van der Waals surface area contributed by atoms with Crippen LogP contribution in [-0.2, 0) is 14.3 Å². The number of Topliss-reactive ketones (excluding diaryl/α,β-unsaturated/α-hetero) is 1. The normalized spacial score (nSPS) is 15.2.